The largest absolute Gasteiger partial charge is 3.00 e. The molecule has 3 rings (SSSR count). The van der Waals surface area contributed by atoms with Crippen LogP contribution in [0.5, 0.6) is 0 Å². The van der Waals surface area contributed by atoms with Crippen LogP contribution in [0, 0.1) is 6.07 Å². The van der Waals surface area contributed by atoms with E-state index in [4.69, 9.17) is 0 Å². The van der Waals surface area contributed by atoms with Gasteiger partial charge in [-0.2, -0.15) is 31.4 Å². The molecule has 0 N–H and O–H groups in total. The number of imidazole rings is 1. The molecule has 0 amide bonds. The van der Waals surface area contributed by atoms with E-state index in [-0.39, 0.29) is 38.0 Å². The number of hydrogen-bond donors (Lipinski definition) is 0. The van der Waals surface area contributed by atoms with E-state index in [0.717, 1.165) is 16.9 Å². The van der Waals surface area contributed by atoms with Crippen molar-refractivity contribution >= 4 is 0 Å². The Morgan fingerprint density at radius 2 is 1.46 bits per heavy atom. The summed E-state index contributed by atoms with van der Waals surface area (Å²) in [6.45, 7) is 7.38. The molecule has 0 spiro atoms. The van der Waals surface area contributed by atoms with Gasteiger partial charge >= 0.3 is 32.5 Å². The molecule has 0 aliphatic rings. The van der Waals surface area contributed by atoms with Gasteiger partial charge in [0.15, 0.2) is 11.4 Å². The second-order valence-corrected chi connectivity index (χ2v) is 7.85. The summed E-state index contributed by atoms with van der Waals surface area (Å²) in [7, 11) is 1.53. The van der Waals surface area contributed by atoms with Crippen molar-refractivity contribution in [1.82, 2.24) is 19.3 Å². The van der Waals surface area contributed by atoms with E-state index >= 15 is 0 Å². The molecule has 0 saturated heterocycles. The van der Waals surface area contributed by atoms with E-state index in [1.54, 1.807) is 24.3 Å². The van der Waals surface area contributed by atoms with Crippen molar-refractivity contribution in [3.8, 4) is 11.4 Å². The standard InChI is InChI=1S/C11H17F3N4.C11H8F3N2.Ir/c1-7(2)15-10(16-8(3)4)18-6-5-9(17-18)11(12,13)14;1-16-7-9(11(12,13)14)15-10(16)8-5-3-2-4-6-8;/h5-8,10H,1-4H3;2-5,7H,1H3;/q-2;-1;+3. The predicted octanol–water partition coefficient (Wildman–Crippen LogP) is 6.83. The Morgan fingerprint density at radius 1 is 0.886 bits per heavy atom. The number of hydrogen-bond acceptors (Lipinski definition) is 2. The first-order valence-corrected chi connectivity index (χ1v) is 10.3. The molecule has 2 heterocycles. The molecule has 1 aromatic carbocycles. The number of aryl methyl sites for hydroxylation is 1. The first-order valence-electron chi connectivity index (χ1n) is 10.3. The van der Waals surface area contributed by atoms with E-state index in [2.05, 4.69) is 26.8 Å². The molecule has 6 nitrogen and oxygen atoms in total. The number of rotatable bonds is 6. The Bertz CT molecular complexity index is 1020. The maximum absolute atomic E-state index is 12.5. The minimum atomic E-state index is -4.44. The monoisotopic (exact) mass is 680 g/mol. The third-order valence-corrected chi connectivity index (χ3v) is 4.12. The molecule has 0 atom stereocenters. The summed E-state index contributed by atoms with van der Waals surface area (Å²) in [5.41, 5.74) is -1.27. The van der Waals surface area contributed by atoms with Gasteiger partial charge in [-0.1, -0.05) is 27.7 Å². The molecule has 35 heavy (non-hydrogen) atoms. The fourth-order valence-electron chi connectivity index (χ4n) is 2.71. The average molecular weight is 680 g/mol. The molecule has 3 aromatic rings. The molecular formula is C22H25F6IrN6. The summed E-state index contributed by atoms with van der Waals surface area (Å²) in [5, 5.41) is 12.0. The summed E-state index contributed by atoms with van der Waals surface area (Å²) in [5.74, 6) is 0.257. The molecule has 0 aliphatic carbocycles. The van der Waals surface area contributed by atoms with Crippen LogP contribution in [0.2, 0.25) is 0 Å². The van der Waals surface area contributed by atoms with Crippen LogP contribution in [0.3, 0.4) is 0 Å². The topological polar surface area (TPSA) is 63.8 Å². The third kappa shape index (κ3) is 9.40. The zero-order valence-electron chi connectivity index (χ0n) is 19.6. The van der Waals surface area contributed by atoms with Crippen molar-refractivity contribution in [2.24, 2.45) is 7.05 Å². The van der Waals surface area contributed by atoms with Crippen LogP contribution >= 0.6 is 0 Å². The first-order chi connectivity index (χ1) is 15.7. The molecule has 0 unspecified atom stereocenters. The van der Waals surface area contributed by atoms with Crippen molar-refractivity contribution in [2.45, 2.75) is 58.4 Å². The van der Waals surface area contributed by atoms with Crippen molar-refractivity contribution in [2.75, 3.05) is 0 Å². The van der Waals surface area contributed by atoms with Gasteiger partial charge in [0.25, 0.3) is 0 Å². The Kier molecular flexibility index (Phi) is 11.1. The minimum Gasteiger partial charge on any atom is -0.657 e. The maximum atomic E-state index is 12.5. The molecular weight excluding hydrogens is 654 g/mol. The summed E-state index contributed by atoms with van der Waals surface area (Å²) >= 11 is 0. The normalized spacial score (nSPS) is 12.1. The Labute approximate surface area is 213 Å². The second kappa shape index (κ2) is 12.7. The van der Waals surface area contributed by atoms with E-state index in [9.17, 15) is 26.3 Å². The zero-order valence-corrected chi connectivity index (χ0v) is 22.0. The fourth-order valence-corrected chi connectivity index (χ4v) is 2.71. The SMILES string of the molecule is CC(C)[N-]C([N-]C(C)C)n1ccc(C(F)(F)F)n1.Cn1cc(C(F)(F)F)nc1-c1[c-]cccc1.[Ir+3]. The molecule has 194 valence electrons. The number of alkyl halides is 6. The van der Waals surface area contributed by atoms with E-state index in [1.807, 2.05) is 27.7 Å². The molecule has 2 aromatic heterocycles. The van der Waals surface area contributed by atoms with Crippen molar-refractivity contribution in [3.63, 3.8) is 0 Å². The van der Waals surface area contributed by atoms with Crippen LogP contribution in [0.25, 0.3) is 22.0 Å². The quantitative estimate of drug-likeness (QED) is 0.212. The smallest absolute Gasteiger partial charge is 0.657 e. The third-order valence-electron chi connectivity index (χ3n) is 4.12. The van der Waals surface area contributed by atoms with Gasteiger partial charge in [0.2, 0.25) is 0 Å². The molecule has 0 saturated carbocycles. The number of halogens is 6. The summed E-state index contributed by atoms with van der Waals surface area (Å²) < 4.78 is 77.1. The van der Waals surface area contributed by atoms with Gasteiger partial charge in [0.1, 0.15) is 0 Å². The summed E-state index contributed by atoms with van der Waals surface area (Å²) in [6.07, 6.45) is -7.33. The predicted molar refractivity (Wildman–Crippen MR) is 116 cm³/mol. The van der Waals surface area contributed by atoms with Gasteiger partial charge < -0.3 is 19.9 Å². The number of benzene rings is 1. The van der Waals surface area contributed by atoms with Crippen LogP contribution in [-0.2, 0) is 39.5 Å². The van der Waals surface area contributed by atoms with E-state index < -0.39 is 30.0 Å². The van der Waals surface area contributed by atoms with Crippen LogP contribution in [0.1, 0.15) is 45.4 Å². The van der Waals surface area contributed by atoms with Crippen LogP contribution in [0.4, 0.5) is 26.3 Å². The molecule has 0 aliphatic heterocycles. The van der Waals surface area contributed by atoms with Gasteiger partial charge in [0.05, 0.1) is 5.82 Å². The summed E-state index contributed by atoms with van der Waals surface area (Å²) in [4.78, 5) is 3.56. The molecule has 13 heteroatoms. The Morgan fingerprint density at radius 3 is 1.86 bits per heavy atom. The van der Waals surface area contributed by atoms with Crippen molar-refractivity contribution in [3.05, 3.63) is 70.8 Å². The minimum absolute atomic E-state index is 0. The Balaban J connectivity index is 0.000000342. The summed E-state index contributed by atoms with van der Waals surface area (Å²) in [6, 6.07) is 10.5. The maximum Gasteiger partial charge on any atom is 3.00 e. The van der Waals surface area contributed by atoms with Gasteiger partial charge in [-0.05, 0) is 6.07 Å². The van der Waals surface area contributed by atoms with Crippen LogP contribution < -0.4 is 0 Å². The average Bonchev–Trinajstić information content (AvgIpc) is 3.35. The number of nitrogens with zero attached hydrogens (tertiary/aromatic N) is 6. The van der Waals surface area contributed by atoms with Gasteiger partial charge in [0, 0.05) is 19.4 Å². The van der Waals surface area contributed by atoms with Crippen molar-refractivity contribution < 1.29 is 46.4 Å². The van der Waals surface area contributed by atoms with Crippen LogP contribution in [0.15, 0.2) is 42.7 Å². The molecule has 0 bridgehead atoms. The first kappa shape index (κ1) is 30.8. The van der Waals surface area contributed by atoms with Crippen molar-refractivity contribution in [1.29, 1.82) is 0 Å². The van der Waals surface area contributed by atoms with Gasteiger partial charge in [-0.25, -0.2) is 0 Å². The zero-order chi connectivity index (χ0) is 25.7. The van der Waals surface area contributed by atoms with Gasteiger partial charge in [-0.15, -0.1) is 54.3 Å². The molecule has 0 radical (unpaired) electrons. The second-order valence-electron chi connectivity index (χ2n) is 7.85. The van der Waals surface area contributed by atoms with Gasteiger partial charge in [-0.3, -0.25) is 4.98 Å². The number of aromatic nitrogens is 4. The van der Waals surface area contributed by atoms with Crippen LogP contribution in [-0.4, -0.2) is 31.4 Å². The Hall–Kier alpha value is -2.21. The fraction of sp³-hybridized carbons (Fsp3) is 0.455. The molecule has 0 fully saturated rings. The van der Waals surface area contributed by atoms with E-state index in [1.165, 1.54) is 17.8 Å². The van der Waals surface area contributed by atoms with E-state index in [0.29, 0.717) is 5.56 Å².